The zero-order valence-electron chi connectivity index (χ0n) is 17.7. The Bertz CT molecular complexity index is 1220. The molecule has 32 heavy (non-hydrogen) atoms. The van der Waals surface area contributed by atoms with Crippen LogP contribution in [-0.2, 0) is 22.0 Å². The predicted octanol–water partition coefficient (Wildman–Crippen LogP) is 3.56. The summed E-state index contributed by atoms with van der Waals surface area (Å²) in [6.07, 6.45) is -0.384. The highest BCUT2D eigenvalue weighted by molar-refractivity contribution is 7.90. The van der Waals surface area contributed by atoms with Gasteiger partial charge in [0.1, 0.15) is 5.75 Å². The molecule has 0 saturated heterocycles. The van der Waals surface area contributed by atoms with Crippen LogP contribution in [0.2, 0.25) is 0 Å². The number of carbonyl (C=O) groups is 1. The summed E-state index contributed by atoms with van der Waals surface area (Å²) in [5.74, 6) is -0.469. The minimum absolute atomic E-state index is 0.0708. The number of anilines is 1. The second-order valence-electron chi connectivity index (χ2n) is 8.02. The van der Waals surface area contributed by atoms with Crippen LogP contribution >= 0.6 is 0 Å². The van der Waals surface area contributed by atoms with Crippen LogP contribution in [0.4, 0.5) is 5.69 Å². The summed E-state index contributed by atoms with van der Waals surface area (Å²) in [4.78, 5) is 12.6. The number of fused-ring (bicyclic) bond motifs is 1. The summed E-state index contributed by atoms with van der Waals surface area (Å²) >= 11 is 0. The Morgan fingerprint density at radius 2 is 1.84 bits per heavy atom. The molecular weight excluding hydrogens is 426 g/mol. The first kappa shape index (κ1) is 22.0. The smallest absolute Gasteiger partial charge is 0.255 e. The molecule has 166 valence electrons. The van der Waals surface area contributed by atoms with E-state index in [4.69, 9.17) is 4.74 Å². The van der Waals surface area contributed by atoms with Crippen LogP contribution in [0.5, 0.6) is 5.75 Å². The molecule has 0 heterocycles. The van der Waals surface area contributed by atoms with Crippen LogP contribution < -0.4 is 10.1 Å². The van der Waals surface area contributed by atoms with Crippen molar-refractivity contribution >= 4 is 21.4 Å². The van der Waals surface area contributed by atoms with Gasteiger partial charge in [-0.25, -0.2) is 8.42 Å². The van der Waals surface area contributed by atoms with Crippen LogP contribution in [0.25, 0.3) is 0 Å². The largest absolute Gasteiger partial charge is 0.497 e. The third-order valence-corrected chi connectivity index (χ3v) is 7.33. The van der Waals surface area contributed by atoms with E-state index in [9.17, 15) is 18.3 Å². The molecule has 0 aromatic heterocycles. The van der Waals surface area contributed by atoms with Gasteiger partial charge in [0, 0.05) is 17.2 Å². The van der Waals surface area contributed by atoms with Crippen molar-refractivity contribution in [3.05, 3.63) is 95.1 Å². The molecule has 0 aliphatic heterocycles. The predicted molar refractivity (Wildman–Crippen MR) is 124 cm³/mol. The summed E-state index contributed by atoms with van der Waals surface area (Å²) in [7, 11) is -1.90. The number of hydrogen-bond donors (Lipinski definition) is 2. The Labute approximate surface area is 187 Å². The fourth-order valence-electron chi connectivity index (χ4n) is 4.11. The Hall–Kier alpha value is -3.16. The van der Waals surface area contributed by atoms with E-state index in [1.165, 1.54) is 7.11 Å². The lowest BCUT2D eigenvalue weighted by Gasteiger charge is -2.17. The number of hydrogen-bond acceptors (Lipinski definition) is 5. The SMILES string of the molecule is COc1cccc(C(=O)Nc2ccc3c(c2)C(CS(=O)(=O)Cc2ccccc2)C(O)C3)c1. The zero-order chi connectivity index (χ0) is 22.7. The van der Waals surface area contributed by atoms with E-state index in [0.29, 0.717) is 23.4 Å². The fourth-order valence-corrected chi connectivity index (χ4v) is 5.87. The van der Waals surface area contributed by atoms with Gasteiger partial charge in [-0.1, -0.05) is 42.5 Å². The van der Waals surface area contributed by atoms with Crippen LogP contribution in [0.1, 0.15) is 33.0 Å². The minimum atomic E-state index is -3.44. The number of nitrogens with one attached hydrogen (secondary N) is 1. The lowest BCUT2D eigenvalue weighted by Crippen LogP contribution is -2.23. The van der Waals surface area contributed by atoms with Crippen molar-refractivity contribution in [2.45, 2.75) is 24.2 Å². The molecule has 2 N–H and O–H groups in total. The van der Waals surface area contributed by atoms with E-state index in [1.807, 2.05) is 24.3 Å². The first-order valence-corrected chi connectivity index (χ1v) is 12.2. The third-order valence-electron chi connectivity index (χ3n) is 5.69. The zero-order valence-corrected chi connectivity index (χ0v) is 18.5. The first-order valence-electron chi connectivity index (χ1n) is 10.4. The van der Waals surface area contributed by atoms with E-state index in [0.717, 1.165) is 16.7 Å². The Morgan fingerprint density at radius 3 is 2.59 bits per heavy atom. The van der Waals surface area contributed by atoms with Crippen LogP contribution in [0.3, 0.4) is 0 Å². The van der Waals surface area contributed by atoms with Crippen molar-refractivity contribution in [3.8, 4) is 5.75 Å². The molecule has 0 fully saturated rings. The summed E-state index contributed by atoms with van der Waals surface area (Å²) in [5, 5.41) is 13.4. The lowest BCUT2D eigenvalue weighted by molar-refractivity contribution is 0.102. The molecule has 1 amide bonds. The van der Waals surface area contributed by atoms with Crippen molar-refractivity contribution in [1.82, 2.24) is 0 Å². The summed E-state index contributed by atoms with van der Waals surface area (Å²) in [6.45, 7) is 0. The quantitative estimate of drug-likeness (QED) is 0.573. The number of rotatable bonds is 7. The van der Waals surface area contributed by atoms with Crippen molar-refractivity contribution in [3.63, 3.8) is 0 Å². The molecule has 3 aromatic carbocycles. The first-order chi connectivity index (χ1) is 15.3. The number of aliphatic hydroxyl groups is 1. The third kappa shape index (κ3) is 5.00. The molecule has 0 bridgehead atoms. The van der Waals surface area contributed by atoms with E-state index in [-0.39, 0.29) is 17.4 Å². The molecule has 4 rings (SSSR count). The van der Waals surface area contributed by atoms with Gasteiger partial charge in [-0.05, 0) is 53.4 Å². The maximum absolute atomic E-state index is 12.8. The maximum Gasteiger partial charge on any atom is 0.255 e. The molecule has 1 aliphatic carbocycles. The molecule has 2 unspecified atom stereocenters. The van der Waals surface area contributed by atoms with Crippen LogP contribution in [0.15, 0.2) is 72.8 Å². The van der Waals surface area contributed by atoms with E-state index < -0.39 is 21.9 Å². The topological polar surface area (TPSA) is 92.7 Å². The van der Waals surface area contributed by atoms with Gasteiger partial charge in [-0.2, -0.15) is 0 Å². The molecule has 0 radical (unpaired) electrons. The molecule has 7 heteroatoms. The number of benzene rings is 3. The molecule has 6 nitrogen and oxygen atoms in total. The number of sulfone groups is 1. The van der Waals surface area contributed by atoms with Crippen LogP contribution in [-0.4, -0.2) is 38.4 Å². The summed E-state index contributed by atoms with van der Waals surface area (Å²) in [5.41, 5.74) is 3.39. The molecular formula is C25H25NO5S. The highest BCUT2D eigenvalue weighted by atomic mass is 32.2. The van der Waals surface area contributed by atoms with Gasteiger partial charge in [-0.3, -0.25) is 4.79 Å². The molecule has 1 aliphatic rings. The van der Waals surface area contributed by atoms with E-state index in [1.54, 1.807) is 48.5 Å². The van der Waals surface area contributed by atoms with Gasteiger partial charge < -0.3 is 15.2 Å². The van der Waals surface area contributed by atoms with Gasteiger partial charge in [0.2, 0.25) is 0 Å². The van der Waals surface area contributed by atoms with Crippen molar-refractivity contribution < 1.29 is 23.1 Å². The Balaban J connectivity index is 1.53. The number of ether oxygens (including phenoxy) is 1. The second kappa shape index (κ2) is 9.14. The Kier molecular flexibility index (Phi) is 6.30. The summed E-state index contributed by atoms with van der Waals surface area (Å²) < 4.78 is 30.8. The Morgan fingerprint density at radius 1 is 1.06 bits per heavy atom. The van der Waals surface area contributed by atoms with Gasteiger partial charge in [-0.15, -0.1) is 0 Å². The van der Waals surface area contributed by atoms with Crippen molar-refractivity contribution in [1.29, 1.82) is 0 Å². The van der Waals surface area contributed by atoms with Gasteiger partial charge >= 0.3 is 0 Å². The highest BCUT2D eigenvalue weighted by Gasteiger charge is 2.35. The average molecular weight is 452 g/mol. The van der Waals surface area contributed by atoms with E-state index >= 15 is 0 Å². The van der Waals surface area contributed by atoms with Gasteiger partial charge in [0.05, 0.1) is 24.7 Å². The number of carbonyl (C=O) groups excluding carboxylic acids is 1. The number of amides is 1. The average Bonchev–Trinajstić information content (AvgIpc) is 3.08. The number of methoxy groups -OCH3 is 1. The standard InChI is InChI=1S/C25H25NO5S/c1-31-21-9-5-8-19(12-21)25(28)26-20-11-10-18-13-24(27)23(22(18)14-20)16-32(29,30)15-17-6-3-2-4-7-17/h2-12,14,23-24,27H,13,15-16H2,1H3,(H,26,28). The molecule has 2 atom stereocenters. The molecule has 3 aromatic rings. The fraction of sp³-hybridized carbons (Fsp3) is 0.240. The lowest BCUT2D eigenvalue weighted by atomic mass is 10.0. The summed E-state index contributed by atoms with van der Waals surface area (Å²) in [6, 6.07) is 21.2. The van der Waals surface area contributed by atoms with Gasteiger partial charge in [0.15, 0.2) is 9.84 Å². The highest BCUT2D eigenvalue weighted by Crippen LogP contribution is 2.36. The number of aliphatic hydroxyl groups excluding tert-OH is 1. The van der Waals surface area contributed by atoms with Crippen LogP contribution in [0, 0.1) is 0 Å². The van der Waals surface area contributed by atoms with Crippen molar-refractivity contribution in [2.75, 3.05) is 18.2 Å². The van der Waals surface area contributed by atoms with E-state index in [2.05, 4.69) is 5.32 Å². The molecule has 0 spiro atoms. The molecule has 0 saturated carbocycles. The second-order valence-corrected chi connectivity index (χ2v) is 10.1. The van der Waals surface area contributed by atoms with Gasteiger partial charge in [0.25, 0.3) is 5.91 Å². The maximum atomic E-state index is 12.8. The monoisotopic (exact) mass is 451 g/mol. The minimum Gasteiger partial charge on any atom is -0.497 e. The van der Waals surface area contributed by atoms with Crippen molar-refractivity contribution in [2.24, 2.45) is 0 Å². The normalized spacial score (nSPS) is 17.6.